The van der Waals surface area contributed by atoms with Crippen LogP contribution in [0.4, 0.5) is 0 Å². The van der Waals surface area contributed by atoms with Crippen LogP contribution < -0.4 is 0 Å². The SMILES string of the molecule is CC[Si](CC)(CC)OS(=O)(=O)Cc1ccccc1. The Hall–Kier alpha value is -0.653. The van der Waals surface area contributed by atoms with E-state index in [4.69, 9.17) is 3.87 Å². The quantitative estimate of drug-likeness (QED) is 0.720. The third-order valence-corrected chi connectivity index (χ3v) is 10.4. The maximum absolute atomic E-state index is 12.1. The largest absolute Gasteiger partial charge is 0.314 e. The number of hydrogen-bond donors (Lipinski definition) is 0. The van der Waals surface area contributed by atoms with Crippen molar-refractivity contribution in [3.8, 4) is 0 Å². The Balaban J connectivity index is 2.82. The standard InChI is InChI=1S/C13H22O3SSi/c1-4-18(5-2,6-3)16-17(14,15)12-13-10-8-7-9-11-13/h7-11H,4-6,12H2,1-3H3. The molecule has 0 radical (unpaired) electrons. The molecule has 0 aliphatic carbocycles. The molecular weight excluding hydrogens is 264 g/mol. The summed E-state index contributed by atoms with van der Waals surface area (Å²) in [6.45, 7) is 6.08. The molecule has 0 aliphatic rings. The van der Waals surface area contributed by atoms with Crippen LogP contribution in [0.15, 0.2) is 30.3 Å². The lowest BCUT2D eigenvalue weighted by molar-refractivity contribution is 0.473. The van der Waals surface area contributed by atoms with Gasteiger partial charge in [0.25, 0.3) is 10.1 Å². The monoisotopic (exact) mass is 286 g/mol. The van der Waals surface area contributed by atoms with Crippen molar-refractivity contribution in [3.63, 3.8) is 0 Å². The topological polar surface area (TPSA) is 43.4 Å². The van der Waals surface area contributed by atoms with Crippen molar-refractivity contribution < 1.29 is 12.3 Å². The third kappa shape index (κ3) is 4.22. The van der Waals surface area contributed by atoms with E-state index >= 15 is 0 Å². The van der Waals surface area contributed by atoms with Crippen LogP contribution >= 0.6 is 0 Å². The summed E-state index contributed by atoms with van der Waals surface area (Å²) in [7, 11) is -5.56. The summed E-state index contributed by atoms with van der Waals surface area (Å²) in [5, 5.41) is 0. The van der Waals surface area contributed by atoms with Gasteiger partial charge in [0.15, 0.2) is 0 Å². The van der Waals surface area contributed by atoms with E-state index in [2.05, 4.69) is 0 Å². The Bertz CT molecular complexity index is 444. The van der Waals surface area contributed by atoms with Crippen LogP contribution in [0.2, 0.25) is 18.1 Å². The predicted molar refractivity (Wildman–Crippen MR) is 77.3 cm³/mol. The van der Waals surface area contributed by atoms with Crippen LogP contribution in [-0.4, -0.2) is 16.7 Å². The fraction of sp³-hybridized carbons (Fsp3) is 0.538. The van der Waals surface area contributed by atoms with Gasteiger partial charge in [0, 0.05) is 0 Å². The maximum atomic E-state index is 12.1. The van der Waals surface area contributed by atoms with Crippen LogP contribution in [0.25, 0.3) is 0 Å². The molecule has 0 saturated carbocycles. The fourth-order valence-corrected chi connectivity index (χ4v) is 7.91. The van der Waals surface area contributed by atoms with Gasteiger partial charge >= 0.3 is 0 Å². The molecule has 102 valence electrons. The number of rotatable bonds is 7. The normalized spacial score (nSPS) is 12.6. The molecule has 5 heteroatoms. The van der Waals surface area contributed by atoms with Crippen LogP contribution in [-0.2, 0) is 19.7 Å². The minimum Gasteiger partial charge on any atom is -0.314 e. The summed E-state index contributed by atoms with van der Waals surface area (Å²) in [5.74, 6) is -0.0252. The molecule has 3 nitrogen and oxygen atoms in total. The average molecular weight is 286 g/mol. The van der Waals surface area contributed by atoms with E-state index in [1.807, 2.05) is 51.1 Å². The van der Waals surface area contributed by atoms with E-state index in [0.29, 0.717) is 0 Å². The van der Waals surface area contributed by atoms with Gasteiger partial charge in [-0.1, -0.05) is 51.1 Å². The molecule has 0 saturated heterocycles. The van der Waals surface area contributed by atoms with E-state index in [-0.39, 0.29) is 5.75 Å². The number of benzene rings is 1. The van der Waals surface area contributed by atoms with E-state index in [0.717, 1.165) is 23.7 Å². The first kappa shape index (κ1) is 15.4. The first-order chi connectivity index (χ1) is 8.47. The van der Waals surface area contributed by atoms with Crippen molar-refractivity contribution in [2.24, 2.45) is 0 Å². The summed E-state index contributed by atoms with van der Waals surface area (Å²) in [6, 6.07) is 11.7. The molecule has 0 amide bonds. The zero-order valence-corrected chi connectivity index (χ0v) is 13.2. The molecule has 18 heavy (non-hydrogen) atoms. The highest BCUT2D eigenvalue weighted by atomic mass is 32.2. The first-order valence-electron chi connectivity index (χ1n) is 6.44. The predicted octanol–water partition coefficient (Wildman–Crippen LogP) is 3.54. The summed E-state index contributed by atoms with van der Waals surface area (Å²) < 4.78 is 29.8. The zero-order valence-electron chi connectivity index (χ0n) is 11.3. The van der Waals surface area contributed by atoms with Gasteiger partial charge in [0.05, 0.1) is 5.75 Å². The highest BCUT2D eigenvalue weighted by Gasteiger charge is 2.34. The van der Waals surface area contributed by atoms with Crippen molar-refractivity contribution in [1.82, 2.24) is 0 Å². The summed E-state index contributed by atoms with van der Waals surface area (Å²) in [6.07, 6.45) is 0. The van der Waals surface area contributed by atoms with Crippen molar-refractivity contribution in [3.05, 3.63) is 35.9 Å². The Labute approximate surface area is 111 Å². The smallest absolute Gasteiger partial charge is 0.262 e. The Morgan fingerprint density at radius 2 is 1.50 bits per heavy atom. The average Bonchev–Trinajstić information content (AvgIpc) is 2.37. The molecule has 0 aromatic heterocycles. The Morgan fingerprint density at radius 3 is 1.94 bits per heavy atom. The minimum absolute atomic E-state index is 0.0252. The third-order valence-electron chi connectivity index (χ3n) is 3.42. The van der Waals surface area contributed by atoms with Gasteiger partial charge in [-0.3, -0.25) is 0 Å². The zero-order chi connectivity index (χ0) is 13.6. The second-order valence-electron chi connectivity index (χ2n) is 4.51. The molecular formula is C13H22O3SSi. The molecule has 0 spiro atoms. The lowest BCUT2D eigenvalue weighted by Crippen LogP contribution is -2.38. The van der Waals surface area contributed by atoms with Gasteiger partial charge in [-0.2, -0.15) is 0 Å². The van der Waals surface area contributed by atoms with Crippen LogP contribution in [0.5, 0.6) is 0 Å². The van der Waals surface area contributed by atoms with Crippen molar-refractivity contribution >= 4 is 18.4 Å². The van der Waals surface area contributed by atoms with Crippen LogP contribution in [0.1, 0.15) is 26.3 Å². The molecule has 0 unspecified atom stereocenters. The van der Waals surface area contributed by atoms with Gasteiger partial charge in [0.1, 0.15) is 0 Å². The second-order valence-corrected chi connectivity index (χ2v) is 11.1. The Morgan fingerprint density at radius 1 is 1.00 bits per heavy atom. The van der Waals surface area contributed by atoms with E-state index in [1.165, 1.54) is 0 Å². The van der Waals surface area contributed by atoms with E-state index < -0.39 is 18.4 Å². The molecule has 0 N–H and O–H groups in total. The second kappa shape index (κ2) is 6.50. The van der Waals surface area contributed by atoms with Crippen molar-refractivity contribution in [2.75, 3.05) is 0 Å². The molecule has 1 rings (SSSR count). The molecule has 0 aliphatic heterocycles. The van der Waals surface area contributed by atoms with E-state index in [9.17, 15) is 8.42 Å². The van der Waals surface area contributed by atoms with Gasteiger partial charge in [-0.25, -0.2) is 8.42 Å². The Kier molecular flexibility index (Phi) is 5.56. The molecule has 1 aromatic carbocycles. The highest BCUT2D eigenvalue weighted by Crippen LogP contribution is 2.25. The molecule has 1 aromatic rings. The fourth-order valence-electron chi connectivity index (χ4n) is 2.00. The molecule has 0 fully saturated rings. The van der Waals surface area contributed by atoms with Crippen molar-refractivity contribution in [2.45, 2.75) is 44.7 Å². The molecule has 0 atom stereocenters. The maximum Gasteiger partial charge on any atom is 0.262 e. The van der Waals surface area contributed by atoms with Gasteiger partial charge in [0.2, 0.25) is 8.32 Å². The lowest BCUT2D eigenvalue weighted by atomic mass is 10.2. The molecule has 0 heterocycles. The van der Waals surface area contributed by atoms with Crippen molar-refractivity contribution in [1.29, 1.82) is 0 Å². The lowest BCUT2D eigenvalue weighted by Gasteiger charge is -2.26. The van der Waals surface area contributed by atoms with Crippen LogP contribution in [0, 0.1) is 0 Å². The number of hydrogen-bond acceptors (Lipinski definition) is 3. The summed E-state index contributed by atoms with van der Waals surface area (Å²) >= 11 is 0. The highest BCUT2D eigenvalue weighted by molar-refractivity contribution is 7.87. The first-order valence-corrected chi connectivity index (χ1v) is 10.5. The van der Waals surface area contributed by atoms with E-state index in [1.54, 1.807) is 0 Å². The van der Waals surface area contributed by atoms with Crippen LogP contribution in [0.3, 0.4) is 0 Å². The summed E-state index contributed by atoms with van der Waals surface area (Å²) in [4.78, 5) is 0. The molecule has 0 bridgehead atoms. The minimum atomic E-state index is -3.47. The van der Waals surface area contributed by atoms with Gasteiger partial charge in [-0.05, 0) is 23.7 Å². The van der Waals surface area contributed by atoms with Gasteiger partial charge in [-0.15, -0.1) is 0 Å². The summed E-state index contributed by atoms with van der Waals surface area (Å²) in [5.41, 5.74) is 0.781. The van der Waals surface area contributed by atoms with Gasteiger partial charge < -0.3 is 3.87 Å².